The van der Waals surface area contributed by atoms with Gasteiger partial charge in [-0.1, -0.05) is 43.0 Å². The van der Waals surface area contributed by atoms with Gasteiger partial charge < -0.3 is 0 Å². The first kappa shape index (κ1) is 14.2. The van der Waals surface area contributed by atoms with Crippen LogP contribution >= 0.6 is 24.0 Å². The number of allylic oxidation sites excluding steroid dienone is 1. The molecule has 1 fully saturated rings. The van der Waals surface area contributed by atoms with Crippen LogP contribution in [-0.4, -0.2) is 21.7 Å². The monoisotopic (exact) mass is 295 g/mol. The molecule has 100 valence electrons. The summed E-state index contributed by atoms with van der Waals surface area (Å²) in [6.45, 7) is 4.52. The van der Waals surface area contributed by atoms with E-state index in [0.29, 0.717) is 15.8 Å². The van der Waals surface area contributed by atoms with Crippen LogP contribution in [0.5, 0.6) is 0 Å². The summed E-state index contributed by atoms with van der Waals surface area (Å²) >= 11 is 6.55. The number of hydrogen-bond acceptors (Lipinski definition) is 3. The minimum Gasteiger partial charge on any atom is -0.293 e. The predicted molar refractivity (Wildman–Crippen MR) is 81.2 cm³/mol. The first-order valence-electron chi connectivity index (χ1n) is 6.05. The number of benzene rings is 1. The minimum atomic E-state index is -0.282. The van der Waals surface area contributed by atoms with Crippen LogP contribution in [0.4, 0.5) is 4.39 Å². The molecule has 0 saturated carbocycles. The molecule has 2 rings (SSSR count). The lowest BCUT2D eigenvalue weighted by atomic mass is 10.1. The Morgan fingerprint density at radius 2 is 2.00 bits per heavy atom. The SMILES string of the molecule is CCCN1C(=O)/C(=C(\C)c2ccc(F)cc2)SC1=S. The van der Waals surface area contributed by atoms with Gasteiger partial charge in [-0.15, -0.1) is 0 Å². The smallest absolute Gasteiger partial charge is 0.266 e. The van der Waals surface area contributed by atoms with Gasteiger partial charge in [-0.2, -0.15) is 0 Å². The number of thiocarbonyl (C=S) groups is 1. The summed E-state index contributed by atoms with van der Waals surface area (Å²) in [5, 5.41) is 0. The van der Waals surface area contributed by atoms with E-state index in [2.05, 4.69) is 0 Å². The lowest BCUT2D eigenvalue weighted by Gasteiger charge is -2.12. The lowest BCUT2D eigenvalue weighted by Crippen LogP contribution is -2.28. The molecule has 5 heteroatoms. The molecule has 2 nitrogen and oxygen atoms in total. The highest BCUT2D eigenvalue weighted by Crippen LogP contribution is 2.36. The second kappa shape index (κ2) is 5.84. The van der Waals surface area contributed by atoms with E-state index in [1.54, 1.807) is 17.0 Å². The highest BCUT2D eigenvalue weighted by Gasteiger charge is 2.32. The topological polar surface area (TPSA) is 20.3 Å². The highest BCUT2D eigenvalue weighted by atomic mass is 32.2. The number of halogens is 1. The van der Waals surface area contributed by atoms with Crippen LogP contribution in [0.1, 0.15) is 25.8 Å². The number of carbonyl (C=O) groups is 1. The fourth-order valence-corrected chi connectivity index (χ4v) is 3.23. The molecule has 0 atom stereocenters. The Hall–Kier alpha value is -1.20. The molecule has 1 aromatic rings. The Kier molecular flexibility index (Phi) is 4.37. The molecule has 1 aliphatic heterocycles. The second-order valence-corrected chi connectivity index (χ2v) is 5.93. The number of nitrogens with zero attached hydrogens (tertiary/aromatic N) is 1. The third-order valence-corrected chi connectivity index (χ3v) is 4.46. The van der Waals surface area contributed by atoms with Crippen LogP contribution < -0.4 is 0 Å². The molecule has 0 radical (unpaired) electrons. The van der Waals surface area contributed by atoms with Crippen molar-refractivity contribution < 1.29 is 9.18 Å². The average Bonchev–Trinajstić information content (AvgIpc) is 2.67. The summed E-state index contributed by atoms with van der Waals surface area (Å²) in [4.78, 5) is 14.5. The summed E-state index contributed by atoms with van der Waals surface area (Å²) in [5.41, 5.74) is 1.69. The standard InChI is InChI=1S/C14H14FNOS2/c1-3-8-16-13(17)12(19-14(16)18)9(2)10-4-6-11(15)7-5-10/h4-7H,3,8H2,1-2H3/b12-9-. The van der Waals surface area contributed by atoms with E-state index in [1.807, 2.05) is 13.8 Å². The van der Waals surface area contributed by atoms with E-state index in [9.17, 15) is 9.18 Å². The fourth-order valence-electron chi connectivity index (χ4n) is 1.88. The Morgan fingerprint density at radius 3 is 2.58 bits per heavy atom. The Morgan fingerprint density at radius 1 is 1.37 bits per heavy atom. The Bertz CT molecular complexity index is 551. The van der Waals surface area contributed by atoms with E-state index in [4.69, 9.17) is 12.2 Å². The van der Waals surface area contributed by atoms with Crippen molar-refractivity contribution in [2.45, 2.75) is 20.3 Å². The molecule has 1 aliphatic rings. The maximum atomic E-state index is 12.9. The highest BCUT2D eigenvalue weighted by molar-refractivity contribution is 8.26. The molecule has 1 amide bonds. The number of rotatable bonds is 3. The van der Waals surface area contributed by atoms with E-state index in [0.717, 1.165) is 17.6 Å². The molecule has 1 heterocycles. The molecular weight excluding hydrogens is 281 g/mol. The van der Waals surface area contributed by atoms with Gasteiger partial charge in [0.15, 0.2) is 0 Å². The number of hydrogen-bond donors (Lipinski definition) is 0. The minimum absolute atomic E-state index is 0.0429. The predicted octanol–water partition coefficient (Wildman–Crippen LogP) is 3.83. The van der Waals surface area contributed by atoms with E-state index in [-0.39, 0.29) is 11.7 Å². The van der Waals surface area contributed by atoms with Crippen LogP contribution in [-0.2, 0) is 4.79 Å². The van der Waals surface area contributed by atoms with Crippen molar-refractivity contribution in [1.29, 1.82) is 0 Å². The van der Waals surface area contributed by atoms with E-state index < -0.39 is 0 Å². The van der Waals surface area contributed by atoms with Gasteiger partial charge in [-0.25, -0.2) is 4.39 Å². The van der Waals surface area contributed by atoms with Gasteiger partial charge in [0.25, 0.3) is 5.91 Å². The maximum Gasteiger partial charge on any atom is 0.266 e. The lowest BCUT2D eigenvalue weighted by molar-refractivity contribution is -0.122. The Labute approximate surface area is 121 Å². The summed E-state index contributed by atoms with van der Waals surface area (Å²) in [6.07, 6.45) is 0.870. The number of thioether (sulfide) groups is 1. The summed E-state index contributed by atoms with van der Waals surface area (Å²) < 4.78 is 13.5. The molecule has 0 aliphatic carbocycles. The Balaban J connectivity index is 2.35. The molecule has 0 aromatic heterocycles. The van der Waals surface area contributed by atoms with Gasteiger partial charge >= 0.3 is 0 Å². The molecule has 0 unspecified atom stereocenters. The summed E-state index contributed by atoms with van der Waals surface area (Å²) in [5.74, 6) is -0.325. The zero-order chi connectivity index (χ0) is 14.0. The van der Waals surface area contributed by atoms with Crippen LogP contribution in [0.25, 0.3) is 5.57 Å². The van der Waals surface area contributed by atoms with Crippen molar-refractivity contribution >= 4 is 39.8 Å². The van der Waals surface area contributed by atoms with Gasteiger partial charge in [-0.3, -0.25) is 9.69 Å². The van der Waals surface area contributed by atoms with Gasteiger partial charge in [0.1, 0.15) is 10.1 Å². The molecule has 1 aromatic carbocycles. The zero-order valence-electron chi connectivity index (χ0n) is 10.8. The van der Waals surface area contributed by atoms with Crippen molar-refractivity contribution in [3.8, 4) is 0 Å². The quantitative estimate of drug-likeness (QED) is 0.624. The summed E-state index contributed by atoms with van der Waals surface area (Å²) in [6, 6.07) is 6.14. The van der Waals surface area contributed by atoms with Crippen molar-refractivity contribution in [3.05, 3.63) is 40.6 Å². The molecule has 0 spiro atoms. The molecule has 0 bridgehead atoms. The second-order valence-electron chi connectivity index (χ2n) is 4.29. The zero-order valence-corrected chi connectivity index (χ0v) is 12.4. The fraction of sp³-hybridized carbons (Fsp3) is 0.286. The van der Waals surface area contributed by atoms with Gasteiger partial charge in [-0.05, 0) is 36.6 Å². The molecular formula is C14H14FNOS2. The number of amides is 1. The van der Waals surface area contributed by atoms with Crippen molar-refractivity contribution in [2.24, 2.45) is 0 Å². The molecule has 0 N–H and O–H groups in total. The summed E-state index contributed by atoms with van der Waals surface area (Å²) in [7, 11) is 0. The largest absolute Gasteiger partial charge is 0.293 e. The van der Waals surface area contributed by atoms with Crippen molar-refractivity contribution in [2.75, 3.05) is 6.54 Å². The van der Waals surface area contributed by atoms with E-state index in [1.165, 1.54) is 23.9 Å². The van der Waals surface area contributed by atoms with Crippen LogP contribution in [0.15, 0.2) is 29.2 Å². The number of carbonyl (C=O) groups excluding carboxylic acids is 1. The van der Waals surface area contributed by atoms with Crippen LogP contribution in [0.2, 0.25) is 0 Å². The third kappa shape index (κ3) is 2.87. The molecule has 19 heavy (non-hydrogen) atoms. The first-order chi connectivity index (χ1) is 9.04. The average molecular weight is 295 g/mol. The molecule has 1 saturated heterocycles. The first-order valence-corrected chi connectivity index (χ1v) is 7.27. The van der Waals surface area contributed by atoms with Crippen LogP contribution in [0.3, 0.4) is 0 Å². The normalized spacial score (nSPS) is 18.2. The van der Waals surface area contributed by atoms with Gasteiger partial charge in [0.2, 0.25) is 0 Å². The third-order valence-electron chi connectivity index (χ3n) is 2.91. The van der Waals surface area contributed by atoms with Crippen LogP contribution in [0, 0.1) is 5.82 Å². The maximum absolute atomic E-state index is 12.9. The van der Waals surface area contributed by atoms with Crippen molar-refractivity contribution in [3.63, 3.8) is 0 Å². The van der Waals surface area contributed by atoms with E-state index >= 15 is 0 Å². The van der Waals surface area contributed by atoms with Gasteiger partial charge in [0.05, 0.1) is 4.91 Å². The van der Waals surface area contributed by atoms with Crippen molar-refractivity contribution in [1.82, 2.24) is 4.90 Å². The van der Waals surface area contributed by atoms with Gasteiger partial charge in [0, 0.05) is 6.54 Å².